The predicted molar refractivity (Wildman–Crippen MR) is 48.9 cm³/mol. The number of hydrogen-bond acceptors (Lipinski definition) is 2. The van der Waals surface area contributed by atoms with Gasteiger partial charge < -0.3 is 10.5 Å². The van der Waals surface area contributed by atoms with Crippen molar-refractivity contribution in [3.05, 3.63) is 0 Å². The molecule has 0 amide bonds. The maximum Gasteiger partial charge on any atom is 0.0509 e. The lowest BCUT2D eigenvalue weighted by molar-refractivity contribution is 0.104. The molecule has 2 atom stereocenters. The molecule has 1 saturated carbocycles. The van der Waals surface area contributed by atoms with E-state index < -0.39 is 0 Å². The Bertz CT molecular complexity index is 137. The van der Waals surface area contributed by atoms with E-state index in [1.165, 1.54) is 32.1 Å². The van der Waals surface area contributed by atoms with Gasteiger partial charge in [-0.25, -0.2) is 0 Å². The highest BCUT2D eigenvalue weighted by atomic mass is 16.5. The van der Waals surface area contributed by atoms with Gasteiger partial charge in [0.2, 0.25) is 0 Å². The van der Waals surface area contributed by atoms with Crippen molar-refractivity contribution in [3.63, 3.8) is 0 Å². The summed E-state index contributed by atoms with van der Waals surface area (Å²) in [6, 6.07) is 0.433. The molecule has 2 fully saturated rings. The van der Waals surface area contributed by atoms with Gasteiger partial charge in [0.25, 0.3) is 0 Å². The van der Waals surface area contributed by atoms with Gasteiger partial charge in [-0.3, -0.25) is 0 Å². The van der Waals surface area contributed by atoms with E-state index in [4.69, 9.17) is 10.5 Å². The molecule has 12 heavy (non-hydrogen) atoms. The normalized spacial score (nSPS) is 34.2. The van der Waals surface area contributed by atoms with E-state index in [2.05, 4.69) is 0 Å². The highest BCUT2D eigenvalue weighted by Gasteiger charge is 2.34. The maximum atomic E-state index is 6.14. The van der Waals surface area contributed by atoms with Gasteiger partial charge in [0.1, 0.15) is 0 Å². The van der Waals surface area contributed by atoms with E-state index in [9.17, 15) is 0 Å². The number of hydrogen-bond donors (Lipinski definition) is 1. The SMILES string of the molecule is NC(C1CC1)C1CCCCOC1. The Labute approximate surface area is 74.5 Å². The second-order valence-corrected chi connectivity index (χ2v) is 4.25. The van der Waals surface area contributed by atoms with E-state index in [1.54, 1.807) is 0 Å². The molecule has 2 aliphatic rings. The molecular weight excluding hydrogens is 150 g/mol. The van der Waals surface area contributed by atoms with Crippen LogP contribution in [0, 0.1) is 11.8 Å². The quantitative estimate of drug-likeness (QED) is 0.680. The van der Waals surface area contributed by atoms with E-state index in [-0.39, 0.29) is 0 Å². The lowest BCUT2D eigenvalue weighted by Crippen LogP contribution is -2.34. The molecule has 1 heterocycles. The summed E-state index contributed by atoms with van der Waals surface area (Å²) in [5.74, 6) is 1.48. The van der Waals surface area contributed by atoms with Gasteiger partial charge in [0.15, 0.2) is 0 Å². The van der Waals surface area contributed by atoms with Crippen molar-refractivity contribution < 1.29 is 4.74 Å². The van der Waals surface area contributed by atoms with Crippen molar-refractivity contribution in [2.45, 2.75) is 38.1 Å². The molecule has 0 aromatic rings. The van der Waals surface area contributed by atoms with Crippen LogP contribution in [0.2, 0.25) is 0 Å². The number of nitrogens with two attached hydrogens (primary N) is 1. The zero-order valence-corrected chi connectivity index (χ0v) is 7.67. The molecule has 2 nitrogen and oxygen atoms in total. The third-order valence-corrected chi connectivity index (χ3v) is 3.16. The molecule has 0 aromatic carbocycles. The van der Waals surface area contributed by atoms with E-state index >= 15 is 0 Å². The average Bonchev–Trinajstić information content (AvgIpc) is 2.92. The monoisotopic (exact) mass is 169 g/mol. The first kappa shape index (κ1) is 8.52. The lowest BCUT2D eigenvalue weighted by atomic mass is 9.93. The van der Waals surface area contributed by atoms with Crippen LogP contribution in [-0.4, -0.2) is 19.3 Å². The Morgan fingerprint density at radius 1 is 1.08 bits per heavy atom. The zero-order chi connectivity index (χ0) is 8.39. The largest absolute Gasteiger partial charge is 0.381 e. The molecule has 2 unspecified atom stereocenters. The van der Waals surface area contributed by atoms with Crippen LogP contribution in [0.25, 0.3) is 0 Å². The van der Waals surface area contributed by atoms with Crippen LogP contribution in [0.15, 0.2) is 0 Å². The summed E-state index contributed by atoms with van der Waals surface area (Å²) in [6.45, 7) is 1.87. The summed E-state index contributed by atoms with van der Waals surface area (Å²) >= 11 is 0. The summed E-state index contributed by atoms with van der Waals surface area (Å²) < 4.78 is 5.53. The fourth-order valence-electron chi connectivity index (χ4n) is 2.10. The van der Waals surface area contributed by atoms with Crippen LogP contribution in [0.3, 0.4) is 0 Å². The highest BCUT2D eigenvalue weighted by Crippen LogP contribution is 2.36. The molecule has 0 radical (unpaired) electrons. The van der Waals surface area contributed by atoms with Crippen molar-refractivity contribution in [1.29, 1.82) is 0 Å². The van der Waals surface area contributed by atoms with Crippen molar-refractivity contribution in [2.24, 2.45) is 17.6 Å². The Morgan fingerprint density at radius 3 is 2.67 bits per heavy atom. The Kier molecular flexibility index (Phi) is 2.66. The first-order valence-corrected chi connectivity index (χ1v) is 5.21. The molecular formula is C10H19NO. The van der Waals surface area contributed by atoms with Crippen LogP contribution < -0.4 is 5.73 Å². The summed E-state index contributed by atoms with van der Waals surface area (Å²) in [5, 5.41) is 0. The fraction of sp³-hybridized carbons (Fsp3) is 1.00. The van der Waals surface area contributed by atoms with E-state index in [0.29, 0.717) is 12.0 Å². The second kappa shape index (κ2) is 3.75. The van der Waals surface area contributed by atoms with Crippen LogP contribution in [0.5, 0.6) is 0 Å². The first-order valence-electron chi connectivity index (χ1n) is 5.21. The van der Waals surface area contributed by atoms with Gasteiger partial charge in [0.05, 0.1) is 6.61 Å². The first-order chi connectivity index (χ1) is 5.88. The standard InChI is InChI=1S/C10H19NO/c11-10(8-4-5-8)9-3-1-2-6-12-7-9/h8-10H,1-7,11H2. The third kappa shape index (κ3) is 1.99. The molecule has 2 N–H and O–H groups in total. The minimum Gasteiger partial charge on any atom is -0.381 e. The summed E-state index contributed by atoms with van der Waals surface area (Å²) in [6.07, 6.45) is 6.55. The van der Waals surface area contributed by atoms with Crippen molar-refractivity contribution >= 4 is 0 Å². The van der Waals surface area contributed by atoms with Gasteiger partial charge in [-0.1, -0.05) is 6.42 Å². The maximum absolute atomic E-state index is 6.14. The van der Waals surface area contributed by atoms with Crippen molar-refractivity contribution in [1.82, 2.24) is 0 Å². The van der Waals surface area contributed by atoms with Crippen LogP contribution >= 0.6 is 0 Å². The highest BCUT2D eigenvalue weighted by molar-refractivity contribution is 4.88. The van der Waals surface area contributed by atoms with Crippen LogP contribution in [0.1, 0.15) is 32.1 Å². The molecule has 2 heteroatoms. The fourth-order valence-corrected chi connectivity index (χ4v) is 2.10. The van der Waals surface area contributed by atoms with Gasteiger partial charge in [-0.05, 0) is 37.5 Å². The molecule has 70 valence electrons. The van der Waals surface area contributed by atoms with E-state index in [1.807, 2.05) is 0 Å². The zero-order valence-electron chi connectivity index (χ0n) is 7.67. The summed E-state index contributed by atoms with van der Waals surface area (Å²) in [7, 11) is 0. The minimum absolute atomic E-state index is 0.433. The van der Waals surface area contributed by atoms with Gasteiger partial charge in [-0.2, -0.15) is 0 Å². The second-order valence-electron chi connectivity index (χ2n) is 4.25. The van der Waals surface area contributed by atoms with Crippen LogP contribution in [0.4, 0.5) is 0 Å². The molecule has 0 bridgehead atoms. The third-order valence-electron chi connectivity index (χ3n) is 3.16. The Hall–Kier alpha value is -0.0800. The Balaban J connectivity index is 1.82. The lowest BCUT2D eigenvalue weighted by Gasteiger charge is -2.21. The number of ether oxygens (including phenoxy) is 1. The molecule has 1 saturated heterocycles. The summed E-state index contributed by atoms with van der Waals surface area (Å²) in [5.41, 5.74) is 6.14. The molecule has 1 aliphatic heterocycles. The Morgan fingerprint density at radius 2 is 1.92 bits per heavy atom. The molecule has 0 spiro atoms. The average molecular weight is 169 g/mol. The smallest absolute Gasteiger partial charge is 0.0509 e. The predicted octanol–water partition coefficient (Wildman–Crippen LogP) is 1.54. The summed E-state index contributed by atoms with van der Waals surface area (Å²) in [4.78, 5) is 0. The molecule has 2 rings (SSSR count). The van der Waals surface area contributed by atoms with Gasteiger partial charge in [-0.15, -0.1) is 0 Å². The van der Waals surface area contributed by atoms with Crippen molar-refractivity contribution in [3.8, 4) is 0 Å². The van der Waals surface area contributed by atoms with Gasteiger partial charge >= 0.3 is 0 Å². The van der Waals surface area contributed by atoms with Crippen molar-refractivity contribution in [2.75, 3.05) is 13.2 Å². The topological polar surface area (TPSA) is 35.2 Å². The molecule has 1 aliphatic carbocycles. The molecule has 0 aromatic heterocycles. The van der Waals surface area contributed by atoms with E-state index in [0.717, 1.165) is 19.1 Å². The minimum atomic E-state index is 0.433. The van der Waals surface area contributed by atoms with Gasteiger partial charge in [0, 0.05) is 12.6 Å². The number of rotatable bonds is 2. The van der Waals surface area contributed by atoms with Crippen LogP contribution in [-0.2, 0) is 4.74 Å².